The second-order valence-electron chi connectivity index (χ2n) is 11.7. The number of carbonyl (C=O) groups is 2. The summed E-state index contributed by atoms with van der Waals surface area (Å²) in [7, 11) is -1.92. The largest absolute Gasteiger partial charge is 0.530 e. The van der Waals surface area contributed by atoms with Gasteiger partial charge in [0.25, 0.3) is 0 Å². The molecular formula is C28H43N2O3Si-. The molecule has 2 rings (SSSR count). The Labute approximate surface area is 207 Å². The van der Waals surface area contributed by atoms with Crippen LogP contribution in [0.4, 0.5) is 10.5 Å². The molecule has 0 fully saturated rings. The highest BCUT2D eigenvalue weighted by Gasteiger charge is 2.42. The third-order valence-corrected chi connectivity index (χ3v) is 13.8. The van der Waals surface area contributed by atoms with Crippen LogP contribution in [0.15, 0.2) is 18.2 Å². The molecule has 0 spiro atoms. The van der Waals surface area contributed by atoms with Crippen LogP contribution in [0, 0.1) is 11.5 Å². The molecule has 0 aromatic heterocycles. The fourth-order valence-corrected chi connectivity index (χ4v) is 11.3. The fourth-order valence-electron chi connectivity index (χ4n) is 6.12. The predicted molar refractivity (Wildman–Crippen MR) is 141 cm³/mol. The Bertz CT molecular complexity index is 960. The minimum atomic E-state index is -1.92. The van der Waals surface area contributed by atoms with E-state index in [1.165, 1.54) is 4.90 Å². The number of nitrogens with zero attached hydrogens (tertiary/aromatic N) is 2. The first kappa shape index (κ1) is 28.0. The van der Waals surface area contributed by atoms with E-state index < -0.39 is 25.7 Å². The number of rotatable bonds is 4. The number of carboxylic acid groups (broad SMARTS) is 1. The average Bonchev–Trinajstić information content (AvgIpc) is 2.66. The third-order valence-electron chi connectivity index (χ3n) is 7.51. The van der Waals surface area contributed by atoms with Crippen molar-refractivity contribution in [1.29, 1.82) is 0 Å². The minimum Gasteiger partial charge on any atom is -0.530 e. The molecule has 0 saturated carbocycles. The number of hydrogen-bond donors (Lipinski definition) is 0. The van der Waals surface area contributed by atoms with Gasteiger partial charge in [0.15, 0.2) is 0 Å². The minimum absolute atomic E-state index is 0.0485. The van der Waals surface area contributed by atoms with E-state index in [-0.39, 0.29) is 11.9 Å². The highest BCUT2D eigenvalue weighted by Crippen LogP contribution is 2.44. The SMILES string of the molecule is CC(=O)N1c2ccc(C#C[Si](C(C)C)(C(C)C)C(C)C)cc2[C@H](N(C(=O)[O-])C(C)(C)C)C[C@@H]1C. The fraction of sp³-hybridized carbons (Fsp3) is 0.643. The van der Waals surface area contributed by atoms with Crippen LogP contribution >= 0.6 is 0 Å². The molecule has 1 heterocycles. The van der Waals surface area contributed by atoms with Gasteiger partial charge in [-0.05, 0) is 74.5 Å². The summed E-state index contributed by atoms with van der Waals surface area (Å²) in [5, 5.41) is 12.3. The normalized spacial score (nSPS) is 18.6. The lowest BCUT2D eigenvalue weighted by molar-refractivity contribution is -0.274. The first-order chi connectivity index (χ1) is 15.6. The molecule has 0 unspecified atom stereocenters. The summed E-state index contributed by atoms with van der Waals surface area (Å²) in [4.78, 5) is 28.0. The molecule has 1 aromatic rings. The van der Waals surface area contributed by atoms with E-state index in [9.17, 15) is 14.7 Å². The second kappa shape index (κ2) is 10.2. The van der Waals surface area contributed by atoms with Gasteiger partial charge in [0.05, 0.1) is 6.04 Å². The van der Waals surface area contributed by atoms with Gasteiger partial charge in [-0.25, -0.2) is 0 Å². The maximum atomic E-state index is 12.5. The molecule has 0 saturated heterocycles. The molecule has 0 N–H and O–H groups in total. The number of benzene rings is 1. The van der Waals surface area contributed by atoms with Crippen LogP contribution in [-0.4, -0.2) is 36.6 Å². The molecule has 2 amide bonds. The first-order valence-electron chi connectivity index (χ1n) is 12.5. The molecule has 0 aliphatic carbocycles. The molecule has 0 radical (unpaired) electrons. The quantitative estimate of drug-likeness (QED) is 0.396. The van der Waals surface area contributed by atoms with Crippen LogP contribution in [0.2, 0.25) is 16.6 Å². The van der Waals surface area contributed by atoms with E-state index in [1.54, 1.807) is 11.8 Å². The van der Waals surface area contributed by atoms with Crippen molar-refractivity contribution >= 4 is 25.8 Å². The number of hydrogen-bond acceptors (Lipinski definition) is 3. The third kappa shape index (κ3) is 5.20. The molecule has 6 heteroatoms. The molecule has 1 aliphatic rings. The number of carbonyl (C=O) groups excluding carboxylic acids is 2. The lowest BCUT2D eigenvalue weighted by Crippen LogP contribution is -2.56. The maximum absolute atomic E-state index is 12.5. The molecule has 2 atom stereocenters. The molecule has 0 bridgehead atoms. The van der Waals surface area contributed by atoms with Crippen molar-refractivity contribution in [3.8, 4) is 11.5 Å². The number of fused-ring (bicyclic) bond motifs is 1. The van der Waals surface area contributed by atoms with E-state index in [2.05, 4.69) is 53.0 Å². The van der Waals surface area contributed by atoms with Gasteiger partial charge in [0, 0.05) is 29.8 Å². The van der Waals surface area contributed by atoms with Gasteiger partial charge in [-0.3, -0.25) is 4.79 Å². The molecule has 5 nitrogen and oxygen atoms in total. The van der Waals surface area contributed by atoms with E-state index in [0.717, 1.165) is 16.8 Å². The van der Waals surface area contributed by atoms with Crippen LogP contribution in [0.25, 0.3) is 0 Å². The van der Waals surface area contributed by atoms with Crippen molar-refractivity contribution in [3.05, 3.63) is 29.3 Å². The lowest BCUT2D eigenvalue weighted by atomic mass is 9.87. The predicted octanol–water partition coefficient (Wildman–Crippen LogP) is 5.89. The molecule has 1 aliphatic heterocycles. The summed E-state index contributed by atoms with van der Waals surface area (Å²) >= 11 is 0. The van der Waals surface area contributed by atoms with Crippen molar-refractivity contribution in [3.63, 3.8) is 0 Å². The van der Waals surface area contributed by atoms with E-state index >= 15 is 0 Å². The Balaban J connectivity index is 2.74. The zero-order valence-electron chi connectivity index (χ0n) is 22.9. The van der Waals surface area contributed by atoms with Crippen LogP contribution in [-0.2, 0) is 4.79 Å². The van der Waals surface area contributed by atoms with Crippen LogP contribution in [0.1, 0.15) is 99.8 Å². The molecule has 188 valence electrons. The summed E-state index contributed by atoms with van der Waals surface area (Å²) in [6.07, 6.45) is -0.688. The van der Waals surface area contributed by atoms with Crippen LogP contribution in [0.5, 0.6) is 0 Å². The van der Waals surface area contributed by atoms with Crippen LogP contribution < -0.4 is 10.0 Å². The zero-order valence-corrected chi connectivity index (χ0v) is 23.9. The van der Waals surface area contributed by atoms with Gasteiger partial charge >= 0.3 is 0 Å². The van der Waals surface area contributed by atoms with Gasteiger partial charge in [-0.15, -0.1) is 5.54 Å². The highest BCUT2D eigenvalue weighted by atomic mass is 28.3. The van der Waals surface area contributed by atoms with Gasteiger partial charge in [-0.2, -0.15) is 0 Å². The Morgan fingerprint density at radius 1 is 1.09 bits per heavy atom. The number of amides is 2. The van der Waals surface area contributed by atoms with Crippen molar-refractivity contribution in [2.75, 3.05) is 4.90 Å². The Hall–Kier alpha value is -2.26. The van der Waals surface area contributed by atoms with E-state index in [4.69, 9.17) is 0 Å². The molecule has 34 heavy (non-hydrogen) atoms. The maximum Gasteiger partial charge on any atom is 0.224 e. The summed E-state index contributed by atoms with van der Waals surface area (Å²) in [6, 6.07) is 5.37. The van der Waals surface area contributed by atoms with Crippen molar-refractivity contribution in [2.45, 2.75) is 117 Å². The Morgan fingerprint density at radius 2 is 1.62 bits per heavy atom. The summed E-state index contributed by atoms with van der Waals surface area (Å²) in [5.74, 6) is 3.44. The van der Waals surface area contributed by atoms with Crippen molar-refractivity contribution < 1.29 is 14.7 Å². The van der Waals surface area contributed by atoms with Gasteiger partial charge < -0.3 is 19.7 Å². The first-order valence-corrected chi connectivity index (χ1v) is 14.8. The van der Waals surface area contributed by atoms with Gasteiger partial charge in [0.1, 0.15) is 14.2 Å². The van der Waals surface area contributed by atoms with E-state index in [1.807, 2.05) is 45.9 Å². The highest BCUT2D eigenvalue weighted by molar-refractivity contribution is 6.90. The topological polar surface area (TPSA) is 63.7 Å². The average molecular weight is 484 g/mol. The monoisotopic (exact) mass is 483 g/mol. The summed E-state index contributed by atoms with van der Waals surface area (Å²) < 4.78 is 0. The Morgan fingerprint density at radius 3 is 2.03 bits per heavy atom. The van der Waals surface area contributed by atoms with Gasteiger partial charge in [0.2, 0.25) is 5.91 Å². The smallest absolute Gasteiger partial charge is 0.224 e. The van der Waals surface area contributed by atoms with Gasteiger partial charge in [-0.1, -0.05) is 47.5 Å². The summed E-state index contributed by atoms with van der Waals surface area (Å²) in [6.45, 7) is 22.9. The van der Waals surface area contributed by atoms with Crippen LogP contribution in [0.3, 0.4) is 0 Å². The Kier molecular flexibility index (Phi) is 8.36. The van der Waals surface area contributed by atoms with Crippen molar-refractivity contribution in [2.24, 2.45) is 0 Å². The molecular weight excluding hydrogens is 440 g/mol. The number of anilines is 1. The summed E-state index contributed by atoms with van der Waals surface area (Å²) in [5.41, 5.74) is 7.14. The lowest BCUT2D eigenvalue weighted by Gasteiger charge is -2.49. The standard InChI is InChI=1S/C28H44N2O3Si/c1-18(2)34(19(3)4,20(5)6)15-14-23-12-13-25-24(17-23)26(16-21(7)29(25)22(8)31)30(27(32)33)28(9,10)11/h12-13,17-21,26H,16H2,1-11H3,(H,32,33)/p-1/t21-,26+/m0/s1. The second-order valence-corrected chi connectivity index (χ2v) is 17.3. The zero-order chi connectivity index (χ0) is 26.2. The van der Waals surface area contributed by atoms with Crippen molar-refractivity contribution in [1.82, 2.24) is 4.90 Å². The molecule has 1 aromatic carbocycles. The van der Waals surface area contributed by atoms with E-state index in [0.29, 0.717) is 23.0 Å².